The Morgan fingerprint density at radius 2 is 1.47 bits per heavy atom. The van der Waals surface area contributed by atoms with Gasteiger partial charge in [-0.3, -0.25) is 4.55 Å². The van der Waals surface area contributed by atoms with Crippen LogP contribution in [-0.2, 0) is 16.7 Å². The lowest BCUT2D eigenvalue weighted by atomic mass is 10.2. The van der Waals surface area contributed by atoms with Gasteiger partial charge in [-0.1, -0.05) is 13.3 Å². The Balaban J connectivity index is 1.62. The molecule has 192 valence electrons. The summed E-state index contributed by atoms with van der Waals surface area (Å²) >= 11 is 5.46. The summed E-state index contributed by atoms with van der Waals surface area (Å²) in [5, 5.41) is 6.74. The Morgan fingerprint density at radius 1 is 0.861 bits per heavy atom. The zero-order chi connectivity index (χ0) is 26.0. The number of benzene rings is 3. The molecule has 36 heavy (non-hydrogen) atoms. The molecule has 3 aromatic rings. The first kappa shape index (κ1) is 27.3. The fraction of sp³-hybridized carbons (Fsp3) is 0.269. The number of unbranched alkanes of at least 4 members (excludes halogenated alkanes) is 1. The van der Waals surface area contributed by atoms with Crippen LogP contribution >= 0.6 is 12.2 Å². The summed E-state index contributed by atoms with van der Waals surface area (Å²) in [5.74, 6) is 1.93. The van der Waals surface area contributed by atoms with Crippen molar-refractivity contribution >= 4 is 38.8 Å². The molecule has 3 rings (SSSR count). The van der Waals surface area contributed by atoms with Crippen molar-refractivity contribution in [2.75, 3.05) is 23.8 Å². The number of ether oxygens (including phenoxy) is 3. The highest BCUT2D eigenvalue weighted by Crippen LogP contribution is 2.26. The molecule has 0 fully saturated rings. The summed E-state index contributed by atoms with van der Waals surface area (Å²) in [5.41, 5.74) is 2.35. The van der Waals surface area contributed by atoms with Gasteiger partial charge in [0.15, 0.2) is 5.11 Å². The minimum atomic E-state index is -4.26. The Morgan fingerprint density at radius 3 is 2.11 bits per heavy atom. The van der Waals surface area contributed by atoms with E-state index in [4.69, 9.17) is 31.0 Å². The molecule has 0 atom stereocenters. The third-order valence-electron chi connectivity index (χ3n) is 5.01. The van der Waals surface area contributed by atoms with E-state index in [0.29, 0.717) is 29.8 Å². The van der Waals surface area contributed by atoms with E-state index in [0.717, 1.165) is 35.5 Å². The van der Waals surface area contributed by atoms with Crippen molar-refractivity contribution in [2.45, 2.75) is 38.2 Å². The maximum atomic E-state index is 11.2. The van der Waals surface area contributed by atoms with Gasteiger partial charge in [0.2, 0.25) is 0 Å². The van der Waals surface area contributed by atoms with E-state index in [1.54, 1.807) is 0 Å². The van der Waals surface area contributed by atoms with Gasteiger partial charge in [-0.15, -0.1) is 0 Å². The molecule has 0 aromatic heterocycles. The standard InChI is InChI=1S/C26H30N2O6S2/c1-3-5-16-33-22-9-6-20(7-10-22)27-26(35)28-21-8-15-25(32-4-2)19(17-21)18-34-23-11-13-24(14-12-23)36(29,30)31/h6-15,17H,3-5,16,18H2,1-2H3,(H2,27,28,35)(H,29,30,31). The van der Waals surface area contributed by atoms with Gasteiger partial charge in [-0.2, -0.15) is 8.42 Å². The van der Waals surface area contributed by atoms with Crippen LogP contribution in [-0.4, -0.2) is 31.3 Å². The summed E-state index contributed by atoms with van der Waals surface area (Å²) in [4.78, 5) is -0.198. The van der Waals surface area contributed by atoms with Crippen molar-refractivity contribution in [3.8, 4) is 17.2 Å². The molecule has 0 spiro atoms. The Kier molecular flexibility index (Phi) is 9.92. The minimum absolute atomic E-state index is 0.176. The van der Waals surface area contributed by atoms with E-state index >= 15 is 0 Å². The van der Waals surface area contributed by atoms with Gasteiger partial charge < -0.3 is 24.8 Å². The van der Waals surface area contributed by atoms with Gasteiger partial charge in [0.1, 0.15) is 23.9 Å². The molecule has 0 unspecified atom stereocenters. The SMILES string of the molecule is CCCCOc1ccc(NC(=S)Nc2ccc(OCC)c(COc3ccc(S(=O)(=O)O)cc3)c2)cc1. The minimum Gasteiger partial charge on any atom is -0.494 e. The second-order valence-corrected chi connectivity index (χ2v) is 9.63. The van der Waals surface area contributed by atoms with Crippen LogP contribution in [0.25, 0.3) is 0 Å². The smallest absolute Gasteiger partial charge is 0.294 e. The predicted octanol–water partition coefficient (Wildman–Crippen LogP) is 5.90. The van der Waals surface area contributed by atoms with Gasteiger partial charge in [0, 0.05) is 16.9 Å². The van der Waals surface area contributed by atoms with Crippen molar-refractivity contribution in [1.29, 1.82) is 0 Å². The molecule has 10 heteroatoms. The van der Waals surface area contributed by atoms with Gasteiger partial charge in [0.25, 0.3) is 10.1 Å². The van der Waals surface area contributed by atoms with E-state index in [1.807, 2.05) is 49.4 Å². The van der Waals surface area contributed by atoms with Crippen LogP contribution < -0.4 is 24.8 Å². The number of hydrogen-bond donors (Lipinski definition) is 3. The number of rotatable bonds is 12. The summed E-state index contributed by atoms with van der Waals surface area (Å²) < 4.78 is 48.7. The zero-order valence-electron chi connectivity index (χ0n) is 20.2. The van der Waals surface area contributed by atoms with Gasteiger partial charge in [-0.25, -0.2) is 0 Å². The first-order valence-corrected chi connectivity index (χ1v) is 13.4. The van der Waals surface area contributed by atoms with Crippen molar-refractivity contribution in [3.05, 3.63) is 72.3 Å². The molecule has 0 radical (unpaired) electrons. The maximum Gasteiger partial charge on any atom is 0.294 e. The van der Waals surface area contributed by atoms with Crippen molar-refractivity contribution in [2.24, 2.45) is 0 Å². The molecule has 3 aromatic carbocycles. The third-order valence-corrected chi connectivity index (χ3v) is 6.08. The van der Waals surface area contributed by atoms with Crippen molar-refractivity contribution in [3.63, 3.8) is 0 Å². The molecule has 0 aliphatic heterocycles. The van der Waals surface area contributed by atoms with E-state index in [-0.39, 0.29) is 11.5 Å². The third kappa shape index (κ3) is 8.40. The van der Waals surface area contributed by atoms with Gasteiger partial charge in [-0.05, 0) is 92.3 Å². The average Bonchev–Trinajstić information content (AvgIpc) is 2.85. The molecular formula is C26H30N2O6S2. The van der Waals surface area contributed by atoms with Crippen LogP contribution in [0.4, 0.5) is 11.4 Å². The second-order valence-electron chi connectivity index (χ2n) is 7.80. The quantitative estimate of drug-likeness (QED) is 0.150. The molecule has 3 N–H and O–H groups in total. The first-order chi connectivity index (χ1) is 17.3. The van der Waals surface area contributed by atoms with Crippen LogP contribution in [0.3, 0.4) is 0 Å². The fourth-order valence-corrected chi connectivity index (χ4v) is 3.91. The highest BCUT2D eigenvalue weighted by atomic mass is 32.2. The Labute approximate surface area is 217 Å². The molecule has 0 aliphatic carbocycles. The lowest BCUT2D eigenvalue weighted by molar-refractivity contribution is 0.286. The number of thiocarbonyl (C=S) groups is 1. The zero-order valence-corrected chi connectivity index (χ0v) is 21.8. The highest BCUT2D eigenvalue weighted by Gasteiger charge is 2.11. The summed E-state index contributed by atoms with van der Waals surface area (Å²) in [6.45, 7) is 5.38. The Bertz CT molecular complexity index is 1250. The highest BCUT2D eigenvalue weighted by molar-refractivity contribution is 7.85. The molecular weight excluding hydrogens is 500 g/mol. The molecule has 8 nitrogen and oxygen atoms in total. The van der Waals surface area contributed by atoms with Gasteiger partial charge >= 0.3 is 0 Å². The molecule has 0 bridgehead atoms. The van der Waals surface area contributed by atoms with Crippen LogP contribution in [0.2, 0.25) is 0 Å². The molecule has 0 heterocycles. The summed E-state index contributed by atoms with van der Waals surface area (Å²) in [6, 6.07) is 18.7. The van der Waals surface area contributed by atoms with Crippen molar-refractivity contribution < 1.29 is 27.2 Å². The van der Waals surface area contributed by atoms with E-state index in [9.17, 15) is 8.42 Å². The average molecular weight is 531 g/mol. The normalized spacial score (nSPS) is 11.0. The maximum absolute atomic E-state index is 11.2. The molecule has 0 saturated carbocycles. The monoisotopic (exact) mass is 530 g/mol. The van der Waals surface area contributed by atoms with Crippen LogP contribution in [0, 0.1) is 0 Å². The largest absolute Gasteiger partial charge is 0.494 e. The Hall–Kier alpha value is -3.34. The van der Waals surface area contributed by atoms with Gasteiger partial charge in [0.05, 0.1) is 18.1 Å². The number of hydrogen-bond acceptors (Lipinski definition) is 6. The van der Waals surface area contributed by atoms with E-state index in [2.05, 4.69) is 17.6 Å². The lowest BCUT2D eigenvalue weighted by Crippen LogP contribution is -2.19. The number of anilines is 2. The first-order valence-electron chi connectivity index (χ1n) is 11.6. The van der Waals surface area contributed by atoms with Crippen LogP contribution in [0.5, 0.6) is 17.2 Å². The summed E-state index contributed by atoms with van der Waals surface area (Å²) in [7, 11) is -4.26. The fourth-order valence-electron chi connectivity index (χ4n) is 3.20. The molecule has 0 saturated heterocycles. The van der Waals surface area contributed by atoms with E-state index in [1.165, 1.54) is 24.3 Å². The topological polar surface area (TPSA) is 106 Å². The molecule has 0 amide bonds. The predicted molar refractivity (Wildman–Crippen MR) is 145 cm³/mol. The van der Waals surface area contributed by atoms with Crippen molar-refractivity contribution in [1.82, 2.24) is 0 Å². The van der Waals surface area contributed by atoms with E-state index < -0.39 is 10.1 Å². The molecule has 0 aliphatic rings. The lowest BCUT2D eigenvalue weighted by Gasteiger charge is -2.15. The second kappa shape index (κ2) is 13.1. The summed E-state index contributed by atoms with van der Waals surface area (Å²) in [6.07, 6.45) is 2.10. The van der Waals surface area contributed by atoms with Crippen LogP contribution in [0.1, 0.15) is 32.3 Å². The number of nitrogens with one attached hydrogen (secondary N) is 2. The van der Waals surface area contributed by atoms with Crippen LogP contribution in [0.15, 0.2) is 71.6 Å².